The van der Waals surface area contributed by atoms with E-state index in [1.165, 1.54) is 11.1 Å². The standard InChI is InChI=1S/C23H23N3O2S/c24-14-17-6-7-23-22(12-17)20(15-26-23)16-29(27,28)11-9-21-13-19(8-10-25-21)18-4-2-1-3-5-18/h1-8,12,15,21,25-26H,9-11,13,16H2. The lowest BCUT2D eigenvalue weighted by atomic mass is 9.94. The lowest BCUT2D eigenvalue weighted by Crippen LogP contribution is -2.34. The monoisotopic (exact) mass is 405 g/mol. The molecule has 1 aromatic heterocycles. The molecule has 0 aliphatic carbocycles. The van der Waals surface area contributed by atoms with Gasteiger partial charge in [-0.25, -0.2) is 8.42 Å². The van der Waals surface area contributed by atoms with Crippen molar-refractivity contribution >= 4 is 26.3 Å². The first kappa shape index (κ1) is 19.4. The Labute approximate surface area is 171 Å². The number of sulfone groups is 1. The zero-order valence-corrected chi connectivity index (χ0v) is 16.9. The van der Waals surface area contributed by atoms with Crippen LogP contribution in [0, 0.1) is 11.3 Å². The van der Waals surface area contributed by atoms with Crippen LogP contribution in [0.2, 0.25) is 0 Å². The van der Waals surface area contributed by atoms with Crippen molar-refractivity contribution in [3.8, 4) is 6.07 Å². The first-order valence-corrected chi connectivity index (χ1v) is 11.5. The van der Waals surface area contributed by atoms with Gasteiger partial charge in [-0.05, 0) is 47.7 Å². The summed E-state index contributed by atoms with van der Waals surface area (Å²) in [5.74, 6) is 0.118. The Morgan fingerprint density at radius 2 is 1.97 bits per heavy atom. The number of hydrogen-bond acceptors (Lipinski definition) is 4. The fourth-order valence-corrected chi connectivity index (χ4v) is 5.36. The van der Waals surface area contributed by atoms with Gasteiger partial charge in [0.2, 0.25) is 0 Å². The van der Waals surface area contributed by atoms with E-state index >= 15 is 0 Å². The van der Waals surface area contributed by atoms with Crippen molar-refractivity contribution in [1.82, 2.24) is 10.3 Å². The van der Waals surface area contributed by atoms with Crippen molar-refractivity contribution in [2.45, 2.75) is 24.6 Å². The molecule has 148 valence electrons. The van der Waals surface area contributed by atoms with E-state index in [1.54, 1.807) is 18.3 Å². The molecular formula is C23H23N3O2S. The van der Waals surface area contributed by atoms with Gasteiger partial charge in [0.25, 0.3) is 0 Å². The average molecular weight is 406 g/mol. The second-order valence-corrected chi connectivity index (χ2v) is 9.66. The van der Waals surface area contributed by atoms with Crippen molar-refractivity contribution in [3.05, 3.63) is 77.5 Å². The van der Waals surface area contributed by atoms with Crippen LogP contribution in [0.15, 0.2) is 60.8 Å². The molecular weight excluding hydrogens is 382 g/mol. The number of nitriles is 1. The van der Waals surface area contributed by atoms with E-state index in [1.807, 2.05) is 24.3 Å². The summed E-state index contributed by atoms with van der Waals surface area (Å²) in [5, 5.41) is 13.3. The van der Waals surface area contributed by atoms with Gasteiger partial charge < -0.3 is 10.3 Å². The van der Waals surface area contributed by atoms with Crippen LogP contribution in [0.5, 0.6) is 0 Å². The molecule has 29 heavy (non-hydrogen) atoms. The number of fused-ring (bicyclic) bond motifs is 1. The molecule has 1 unspecified atom stereocenters. The number of aromatic amines is 1. The van der Waals surface area contributed by atoms with Crippen molar-refractivity contribution < 1.29 is 8.42 Å². The maximum absolute atomic E-state index is 12.8. The van der Waals surface area contributed by atoms with Gasteiger partial charge in [0.1, 0.15) is 0 Å². The van der Waals surface area contributed by atoms with Gasteiger partial charge in [-0.1, -0.05) is 36.4 Å². The first-order chi connectivity index (χ1) is 14.0. The molecule has 0 amide bonds. The number of aromatic nitrogens is 1. The molecule has 1 aliphatic heterocycles. The minimum absolute atomic E-state index is 0.0179. The molecule has 2 heterocycles. The molecule has 2 N–H and O–H groups in total. The third-order valence-electron chi connectivity index (χ3n) is 5.42. The molecule has 2 aromatic carbocycles. The second kappa shape index (κ2) is 8.24. The number of H-pyrrole nitrogens is 1. The van der Waals surface area contributed by atoms with Crippen molar-refractivity contribution in [2.75, 3.05) is 12.3 Å². The minimum Gasteiger partial charge on any atom is -0.361 e. The van der Waals surface area contributed by atoms with E-state index in [2.05, 4.69) is 34.6 Å². The van der Waals surface area contributed by atoms with Crippen LogP contribution in [0.4, 0.5) is 0 Å². The highest BCUT2D eigenvalue weighted by Gasteiger charge is 2.21. The highest BCUT2D eigenvalue weighted by molar-refractivity contribution is 7.90. The number of hydrogen-bond donors (Lipinski definition) is 2. The number of benzene rings is 2. The number of nitrogens with one attached hydrogen (secondary N) is 2. The Balaban J connectivity index is 1.41. The summed E-state index contributed by atoms with van der Waals surface area (Å²) >= 11 is 0. The number of rotatable bonds is 6. The molecule has 4 rings (SSSR count). The molecule has 0 radical (unpaired) electrons. The van der Waals surface area contributed by atoms with Gasteiger partial charge in [0.05, 0.1) is 23.1 Å². The van der Waals surface area contributed by atoms with E-state index in [-0.39, 0.29) is 17.5 Å². The van der Waals surface area contributed by atoms with Crippen LogP contribution in [0.25, 0.3) is 16.5 Å². The van der Waals surface area contributed by atoms with E-state index in [4.69, 9.17) is 5.26 Å². The Morgan fingerprint density at radius 1 is 1.14 bits per heavy atom. The molecule has 3 aromatic rings. The van der Waals surface area contributed by atoms with Gasteiger partial charge in [0.15, 0.2) is 9.84 Å². The largest absolute Gasteiger partial charge is 0.361 e. The molecule has 1 atom stereocenters. The Bertz CT molecular complexity index is 1190. The van der Waals surface area contributed by atoms with Gasteiger partial charge in [-0.3, -0.25) is 0 Å². The molecule has 1 aliphatic rings. The van der Waals surface area contributed by atoms with E-state index < -0.39 is 9.84 Å². The van der Waals surface area contributed by atoms with Crippen molar-refractivity contribution in [3.63, 3.8) is 0 Å². The van der Waals surface area contributed by atoms with Gasteiger partial charge in [-0.2, -0.15) is 5.26 Å². The van der Waals surface area contributed by atoms with Crippen LogP contribution in [0.1, 0.15) is 29.5 Å². The predicted octanol–water partition coefficient (Wildman–Crippen LogP) is 3.79. The van der Waals surface area contributed by atoms with Gasteiger partial charge in [0, 0.05) is 29.7 Å². The second-order valence-electron chi connectivity index (χ2n) is 7.47. The van der Waals surface area contributed by atoms with Crippen LogP contribution < -0.4 is 5.32 Å². The molecule has 0 spiro atoms. The van der Waals surface area contributed by atoms with Crippen LogP contribution in [-0.4, -0.2) is 31.7 Å². The summed E-state index contributed by atoms with van der Waals surface area (Å²) in [6, 6.07) is 17.8. The summed E-state index contributed by atoms with van der Waals surface area (Å²) < 4.78 is 25.5. The highest BCUT2D eigenvalue weighted by Crippen LogP contribution is 2.25. The average Bonchev–Trinajstić information content (AvgIpc) is 3.14. The van der Waals surface area contributed by atoms with Crippen LogP contribution in [-0.2, 0) is 15.6 Å². The topological polar surface area (TPSA) is 85.8 Å². The zero-order valence-electron chi connectivity index (χ0n) is 16.1. The Kier molecular flexibility index (Phi) is 5.52. The molecule has 0 saturated heterocycles. The van der Waals surface area contributed by atoms with E-state index in [0.717, 1.165) is 29.4 Å². The zero-order chi connectivity index (χ0) is 20.3. The third-order valence-corrected chi connectivity index (χ3v) is 7.02. The van der Waals surface area contributed by atoms with Crippen LogP contribution in [0.3, 0.4) is 0 Å². The fraction of sp³-hybridized carbons (Fsp3) is 0.261. The van der Waals surface area contributed by atoms with Crippen LogP contribution >= 0.6 is 0 Å². The summed E-state index contributed by atoms with van der Waals surface area (Å²) in [6.07, 6.45) is 5.33. The summed E-state index contributed by atoms with van der Waals surface area (Å²) in [7, 11) is -3.26. The summed E-state index contributed by atoms with van der Waals surface area (Å²) in [5.41, 5.74) is 4.57. The highest BCUT2D eigenvalue weighted by atomic mass is 32.2. The summed E-state index contributed by atoms with van der Waals surface area (Å²) in [6.45, 7) is 0.758. The molecule has 0 bridgehead atoms. The van der Waals surface area contributed by atoms with Gasteiger partial charge in [-0.15, -0.1) is 0 Å². The van der Waals surface area contributed by atoms with Crippen molar-refractivity contribution in [2.24, 2.45) is 0 Å². The fourth-order valence-electron chi connectivity index (χ4n) is 3.86. The van der Waals surface area contributed by atoms with Crippen molar-refractivity contribution in [1.29, 1.82) is 5.26 Å². The maximum atomic E-state index is 12.8. The smallest absolute Gasteiger partial charge is 0.154 e. The van der Waals surface area contributed by atoms with Gasteiger partial charge >= 0.3 is 0 Å². The summed E-state index contributed by atoms with van der Waals surface area (Å²) in [4.78, 5) is 3.10. The Hall–Kier alpha value is -2.88. The predicted molar refractivity (Wildman–Crippen MR) is 116 cm³/mol. The SMILES string of the molecule is N#Cc1ccc2[nH]cc(CS(=O)(=O)CCC3CC(c4ccccc4)=CCN3)c2c1. The van der Waals surface area contributed by atoms with E-state index in [9.17, 15) is 8.42 Å². The minimum atomic E-state index is -3.26. The quantitative estimate of drug-likeness (QED) is 0.653. The molecule has 0 fully saturated rings. The lowest BCUT2D eigenvalue weighted by Gasteiger charge is -2.24. The molecule has 0 saturated carbocycles. The molecule has 5 nitrogen and oxygen atoms in total. The third kappa shape index (κ3) is 4.58. The van der Waals surface area contributed by atoms with E-state index in [0.29, 0.717) is 12.0 Å². The molecule has 6 heteroatoms. The maximum Gasteiger partial charge on any atom is 0.154 e. The Morgan fingerprint density at radius 3 is 2.76 bits per heavy atom. The number of nitrogens with zero attached hydrogens (tertiary/aromatic N) is 1. The normalized spacial score (nSPS) is 17.1. The lowest BCUT2D eigenvalue weighted by molar-refractivity contribution is 0.515. The first-order valence-electron chi connectivity index (χ1n) is 9.72.